The molecule has 1 amide bonds. The van der Waals surface area contributed by atoms with Crippen molar-refractivity contribution in [3.05, 3.63) is 34.9 Å². The van der Waals surface area contributed by atoms with Crippen molar-refractivity contribution in [1.82, 2.24) is 4.90 Å². The van der Waals surface area contributed by atoms with Crippen LogP contribution in [0.2, 0.25) is 0 Å². The van der Waals surface area contributed by atoms with E-state index in [0.717, 1.165) is 17.6 Å². The first-order valence-corrected chi connectivity index (χ1v) is 7.90. The second-order valence-corrected chi connectivity index (χ2v) is 6.33. The van der Waals surface area contributed by atoms with Gasteiger partial charge in [0.05, 0.1) is 26.2 Å². The molecule has 4 rings (SSSR count). The summed E-state index contributed by atoms with van der Waals surface area (Å²) in [5.41, 5.74) is 2.74. The minimum atomic E-state index is -0.460. The minimum absolute atomic E-state index is 0.117. The summed E-state index contributed by atoms with van der Waals surface area (Å²) in [7, 11) is 3.24. The van der Waals surface area contributed by atoms with Crippen LogP contribution in [0.4, 0.5) is 0 Å². The highest BCUT2D eigenvalue weighted by molar-refractivity contribution is 5.96. The SMILES string of the molecule is COc1cc2c(cc1OC)[C@]13CCC(=O)C=C1CC(=O)N3CC2. The van der Waals surface area contributed by atoms with Gasteiger partial charge in [0.2, 0.25) is 5.91 Å². The maximum Gasteiger partial charge on any atom is 0.227 e. The molecule has 5 heteroatoms. The number of amides is 1. The first-order chi connectivity index (χ1) is 11.1. The first-order valence-electron chi connectivity index (χ1n) is 7.90. The van der Waals surface area contributed by atoms with E-state index in [0.29, 0.717) is 37.3 Å². The molecule has 0 aromatic heterocycles. The highest BCUT2D eigenvalue weighted by Crippen LogP contribution is 2.53. The quantitative estimate of drug-likeness (QED) is 0.838. The van der Waals surface area contributed by atoms with Crippen molar-refractivity contribution in [1.29, 1.82) is 0 Å². The average Bonchev–Trinajstić information content (AvgIpc) is 2.85. The number of hydrogen-bond donors (Lipinski definition) is 0. The zero-order valence-electron chi connectivity index (χ0n) is 13.3. The van der Waals surface area contributed by atoms with Gasteiger partial charge in [-0.3, -0.25) is 9.59 Å². The standard InChI is InChI=1S/C18H19NO4/c1-22-15-7-11-4-6-19-17(21)9-12-8-13(20)3-5-18(12,19)14(11)10-16(15)23-2/h7-8,10H,3-6,9H2,1-2H3/t18-/m0/s1. The van der Waals surface area contributed by atoms with E-state index in [1.807, 2.05) is 17.0 Å². The largest absolute Gasteiger partial charge is 0.493 e. The van der Waals surface area contributed by atoms with Gasteiger partial charge in [-0.25, -0.2) is 0 Å². The number of nitrogens with zero attached hydrogens (tertiary/aromatic N) is 1. The van der Waals surface area contributed by atoms with Crippen molar-refractivity contribution >= 4 is 11.7 Å². The average molecular weight is 313 g/mol. The summed E-state index contributed by atoms with van der Waals surface area (Å²) in [5.74, 6) is 1.61. The Kier molecular flexibility index (Phi) is 3.01. The third-order valence-corrected chi connectivity index (χ3v) is 5.36. The number of ketones is 1. The van der Waals surface area contributed by atoms with E-state index >= 15 is 0 Å². The molecule has 2 heterocycles. The lowest BCUT2D eigenvalue weighted by molar-refractivity contribution is -0.132. The van der Waals surface area contributed by atoms with Gasteiger partial charge in [0.25, 0.3) is 0 Å². The van der Waals surface area contributed by atoms with E-state index in [1.54, 1.807) is 20.3 Å². The van der Waals surface area contributed by atoms with Crippen molar-refractivity contribution in [3.63, 3.8) is 0 Å². The molecule has 120 valence electrons. The lowest BCUT2D eigenvalue weighted by Crippen LogP contribution is -2.50. The van der Waals surface area contributed by atoms with Crippen LogP contribution in [-0.4, -0.2) is 37.4 Å². The van der Waals surface area contributed by atoms with Crippen molar-refractivity contribution in [2.24, 2.45) is 0 Å². The number of carbonyl (C=O) groups excluding carboxylic acids is 2. The van der Waals surface area contributed by atoms with E-state index in [4.69, 9.17) is 9.47 Å². The van der Waals surface area contributed by atoms with E-state index in [9.17, 15) is 9.59 Å². The molecule has 1 aromatic carbocycles. The van der Waals surface area contributed by atoms with Crippen LogP contribution in [0.15, 0.2) is 23.8 Å². The molecule has 0 saturated carbocycles. The monoisotopic (exact) mass is 313 g/mol. The van der Waals surface area contributed by atoms with Gasteiger partial charge in [0.1, 0.15) is 0 Å². The van der Waals surface area contributed by atoms with Crippen LogP contribution in [0.3, 0.4) is 0 Å². The van der Waals surface area contributed by atoms with Crippen molar-refractivity contribution in [2.45, 2.75) is 31.2 Å². The molecular formula is C18H19NO4. The molecule has 0 bridgehead atoms. The second-order valence-electron chi connectivity index (χ2n) is 6.33. The molecule has 1 aliphatic carbocycles. The number of rotatable bonds is 2. The fourth-order valence-electron chi connectivity index (χ4n) is 4.34. The van der Waals surface area contributed by atoms with Crippen LogP contribution in [-0.2, 0) is 21.5 Å². The molecule has 0 unspecified atom stereocenters. The van der Waals surface area contributed by atoms with Gasteiger partial charge in [-0.1, -0.05) is 0 Å². The van der Waals surface area contributed by atoms with Crippen LogP contribution in [0.5, 0.6) is 11.5 Å². The summed E-state index contributed by atoms with van der Waals surface area (Å²) in [6.07, 6.45) is 3.96. The van der Waals surface area contributed by atoms with E-state index in [1.165, 1.54) is 5.56 Å². The first kappa shape index (κ1) is 14.3. The van der Waals surface area contributed by atoms with Gasteiger partial charge < -0.3 is 14.4 Å². The predicted molar refractivity (Wildman–Crippen MR) is 83.6 cm³/mol. The van der Waals surface area contributed by atoms with Gasteiger partial charge in [0.15, 0.2) is 17.3 Å². The van der Waals surface area contributed by atoms with E-state index in [-0.39, 0.29) is 11.7 Å². The van der Waals surface area contributed by atoms with Crippen LogP contribution in [0.1, 0.15) is 30.4 Å². The smallest absolute Gasteiger partial charge is 0.227 e. The Balaban J connectivity index is 1.97. The summed E-state index contributed by atoms with van der Waals surface area (Å²) in [6.45, 7) is 0.687. The van der Waals surface area contributed by atoms with Gasteiger partial charge in [-0.05, 0) is 47.8 Å². The topological polar surface area (TPSA) is 55.8 Å². The third-order valence-electron chi connectivity index (χ3n) is 5.36. The molecule has 1 saturated heterocycles. The Bertz CT molecular complexity index is 752. The number of fused-ring (bicyclic) bond motifs is 1. The third kappa shape index (κ3) is 1.79. The van der Waals surface area contributed by atoms with E-state index < -0.39 is 5.54 Å². The predicted octanol–water partition coefficient (Wildman–Crippen LogP) is 1.98. The zero-order chi connectivity index (χ0) is 16.2. The Morgan fingerprint density at radius 3 is 2.57 bits per heavy atom. The molecule has 0 radical (unpaired) electrons. The summed E-state index contributed by atoms with van der Waals surface area (Å²) < 4.78 is 10.9. The maximum absolute atomic E-state index is 12.5. The zero-order valence-corrected chi connectivity index (χ0v) is 13.3. The number of ether oxygens (including phenoxy) is 2. The summed E-state index contributed by atoms with van der Waals surface area (Å²) >= 11 is 0. The van der Waals surface area contributed by atoms with Crippen molar-refractivity contribution in [3.8, 4) is 11.5 Å². The lowest BCUT2D eigenvalue weighted by atomic mass is 9.71. The Hall–Kier alpha value is -2.30. The van der Waals surface area contributed by atoms with Crippen LogP contribution in [0, 0.1) is 0 Å². The van der Waals surface area contributed by atoms with Crippen LogP contribution in [0.25, 0.3) is 0 Å². The molecule has 23 heavy (non-hydrogen) atoms. The van der Waals surface area contributed by atoms with Crippen molar-refractivity contribution < 1.29 is 19.1 Å². The summed E-state index contributed by atoms with van der Waals surface area (Å²) in [6, 6.07) is 4.00. The van der Waals surface area contributed by atoms with Gasteiger partial charge >= 0.3 is 0 Å². The number of hydrogen-bond acceptors (Lipinski definition) is 4. The lowest BCUT2D eigenvalue weighted by Gasteiger charge is -2.46. The molecule has 3 aliphatic rings. The molecular weight excluding hydrogens is 294 g/mol. The molecule has 5 nitrogen and oxygen atoms in total. The minimum Gasteiger partial charge on any atom is -0.493 e. The summed E-state index contributed by atoms with van der Waals surface area (Å²) in [4.78, 5) is 26.3. The molecule has 2 aliphatic heterocycles. The summed E-state index contributed by atoms with van der Waals surface area (Å²) in [5, 5.41) is 0. The second kappa shape index (κ2) is 4.85. The van der Waals surface area contributed by atoms with Gasteiger partial charge in [-0.2, -0.15) is 0 Å². The number of carbonyl (C=O) groups is 2. The molecule has 0 N–H and O–H groups in total. The fraction of sp³-hybridized carbons (Fsp3) is 0.444. The normalized spacial score (nSPS) is 25.5. The number of benzene rings is 1. The molecule has 1 atom stereocenters. The van der Waals surface area contributed by atoms with E-state index in [2.05, 4.69) is 0 Å². The van der Waals surface area contributed by atoms with Crippen LogP contribution < -0.4 is 9.47 Å². The number of methoxy groups -OCH3 is 2. The van der Waals surface area contributed by atoms with Crippen molar-refractivity contribution in [2.75, 3.05) is 20.8 Å². The van der Waals surface area contributed by atoms with Gasteiger partial charge in [-0.15, -0.1) is 0 Å². The Morgan fingerprint density at radius 1 is 1.09 bits per heavy atom. The number of allylic oxidation sites excluding steroid dienone is 1. The Labute approximate surface area is 134 Å². The Morgan fingerprint density at radius 2 is 1.83 bits per heavy atom. The highest BCUT2D eigenvalue weighted by Gasteiger charge is 2.54. The molecule has 1 fully saturated rings. The maximum atomic E-state index is 12.5. The molecule has 1 aromatic rings. The molecule has 1 spiro atoms. The van der Waals surface area contributed by atoms with Gasteiger partial charge in [0, 0.05) is 13.0 Å². The highest BCUT2D eigenvalue weighted by atomic mass is 16.5. The fourth-order valence-corrected chi connectivity index (χ4v) is 4.34. The van der Waals surface area contributed by atoms with Crippen LogP contribution >= 0.6 is 0 Å².